The van der Waals surface area contributed by atoms with E-state index in [4.69, 9.17) is 11.5 Å². The minimum atomic E-state index is -0.705. The zero-order chi connectivity index (χ0) is 18.7. The van der Waals surface area contributed by atoms with E-state index >= 15 is 0 Å². The summed E-state index contributed by atoms with van der Waals surface area (Å²) < 4.78 is 0. The molecule has 0 saturated heterocycles. The fourth-order valence-electron chi connectivity index (χ4n) is 2.33. The molecule has 0 atom stereocenters. The van der Waals surface area contributed by atoms with Crippen molar-refractivity contribution in [2.24, 2.45) is 16.5 Å². The Bertz CT molecular complexity index is 890. The normalized spacial score (nSPS) is 10.4. The maximum atomic E-state index is 12.0. The molecule has 0 radical (unpaired) electrons. The Morgan fingerprint density at radius 1 is 1.08 bits per heavy atom. The number of hydrogen-bond acceptors (Lipinski definition) is 4. The van der Waals surface area contributed by atoms with Crippen LogP contribution in [-0.2, 0) is 0 Å². The lowest BCUT2D eigenvalue weighted by atomic mass is 10.1. The SMILES string of the molecule is Cc1ccc(Sc2cc(C)c(C(=O)N=C(N)N)cc2[N+](=O)[O-])c(C)c1. The van der Waals surface area contributed by atoms with Crippen LogP contribution in [0.1, 0.15) is 27.0 Å². The van der Waals surface area contributed by atoms with Gasteiger partial charge in [-0.15, -0.1) is 0 Å². The number of nitrogens with two attached hydrogens (primary N) is 2. The highest BCUT2D eigenvalue weighted by atomic mass is 32.2. The van der Waals surface area contributed by atoms with E-state index in [2.05, 4.69) is 4.99 Å². The van der Waals surface area contributed by atoms with Crippen molar-refractivity contribution in [1.82, 2.24) is 0 Å². The number of aryl methyl sites for hydroxylation is 3. The molecule has 2 aromatic rings. The molecule has 0 aromatic heterocycles. The van der Waals surface area contributed by atoms with Crippen LogP contribution in [0.25, 0.3) is 0 Å². The molecule has 0 heterocycles. The third kappa shape index (κ3) is 4.36. The van der Waals surface area contributed by atoms with Gasteiger partial charge >= 0.3 is 0 Å². The number of amides is 1. The summed E-state index contributed by atoms with van der Waals surface area (Å²) in [6.45, 7) is 5.62. The molecule has 1 amide bonds. The van der Waals surface area contributed by atoms with Crippen LogP contribution in [0.2, 0.25) is 0 Å². The second-order valence-electron chi connectivity index (χ2n) is 5.60. The summed E-state index contributed by atoms with van der Waals surface area (Å²) in [5.74, 6) is -1.09. The second-order valence-corrected chi connectivity index (χ2v) is 6.69. The van der Waals surface area contributed by atoms with Gasteiger partial charge in [0, 0.05) is 11.0 Å². The number of benzene rings is 2. The van der Waals surface area contributed by atoms with E-state index in [-0.39, 0.29) is 17.2 Å². The Labute approximate surface area is 149 Å². The first-order valence-electron chi connectivity index (χ1n) is 7.37. The van der Waals surface area contributed by atoms with Crippen LogP contribution in [-0.4, -0.2) is 16.8 Å². The predicted molar refractivity (Wildman–Crippen MR) is 98.0 cm³/mol. The molecule has 2 rings (SSSR count). The maximum absolute atomic E-state index is 12.0. The molecule has 0 unspecified atom stereocenters. The number of carbonyl (C=O) groups excluding carboxylic acids is 1. The fraction of sp³-hybridized carbons (Fsp3) is 0.176. The van der Waals surface area contributed by atoms with Gasteiger partial charge in [0.15, 0.2) is 5.96 Å². The van der Waals surface area contributed by atoms with Crippen molar-refractivity contribution in [1.29, 1.82) is 0 Å². The maximum Gasteiger partial charge on any atom is 0.284 e. The zero-order valence-electron chi connectivity index (χ0n) is 14.1. The molecule has 7 nitrogen and oxygen atoms in total. The van der Waals surface area contributed by atoms with Crippen molar-refractivity contribution in [2.45, 2.75) is 30.6 Å². The van der Waals surface area contributed by atoms with Gasteiger partial charge in [-0.3, -0.25) is 14.9 Å². The van der Waals surface area contributed by atoms with Crippen molar-refractivity contribution in [3.8, 4) is 0 Å². The van der Waals surface area contributed by atoms with Crippen LogP contribution in [0, 0.1) is 30.9 Å². The number of nitro groups is 1. The molecule has 0 spiro atoms. The lowest BCUT2D eigenvalue weighted by molar-refractivity contribution is -0.387. The molecule has 0 aliphatic carbocycles. The zero-order valence-corrected chi connectivity index (χ0v) is 14.9. The van der Waals surface area contributed by atoms with Gasteiger partial charge in [0.1, 0.15) is 0 Å². The van der Waals surface area contributed by atoms with E-state index in [0.717, 1.165) is 16.0 Å². The smallest absolute Gasteiger partial charge is 0.284 e. The van der Waals surface area contributed by atoms with Crippen LogP contribution < -0.4 is 11.5 Å². The van der Waals surface area contributed by atoms with Gasteiger partial charge in [0.25, 0.3) is 11.6 Å². The molecule has 25 heavy (non-hydrogen) atoms. The molecule has 2 aromatic carbocycles. The summed E-state index contributed by atoms with van der Waals surface area (Å²) in [7, 11) is 0. The van der Waals surface area contributed by atoms with Crippen molar-refractivity contribution >= 4 is 29.3 Å². The summed E-state index contributed by atoms with van der Waals surface area (Å²) in [6, 6.07) is 8.71. The Morgan fingerprint density at radius 3 is 2.32 bits per heavy atom. The van der Waals surface area contributed by atoms with Gasteiger partial charge in [-0.05, 0) is 44.0 Å². The van der Waals surface area contributed by atoms with Gasteiger partial charge in [-0.1, -0.05) is 29.5 Å². The Balaban J connectivity index is 2.52. The van der Waals surface area contributed by atoms with E-state index in [0.29, 0.717) is 10.5 Å². The number of rotatable bonds is 4. The van der Waals surface area contributed by atoms with Gasteiger partial charge in [-0.2, -0.15) is 4.99 Å². The molecule has 4 N–H and O–H groups in total. The number of nitrogens with zero attached hydrogens (tertiary/aromatic N) is 2. The second kappa shape index (κ2) is 7.35. The number of nitro benzene ring substituents is 1. The number of guanidine groups is 1. The lowest BCUT2D eigenvalue weighted by Gasteiger charge is -2.10. The Kier molecular flexibility index (Phi) is 5.43. The average Bonchev–Trinajstić information content (AvgIpc) is 2.49. The highest BCUT2D eigenvalue weighted by Crippen LogP contribution is 2.38. The van der Waals surface area contributed by atoms with Gasteiger partial charge in [-0.25, -0.2) is 0 Å². The number of carbonyl (C=O) groups is 1. The number of aliphatic imine (C=N–C) groups is 1. The Morgan fingerprint density at radius 2 is 1.76 bits per heavy atom. The molecular formula is C17H18N4O3S. The average molecular weight is 358 g/mol. The van der Waals surface area contributed by atoms with E-state index in [1.807, 2.05) is 32.0 Å². The van der Waals surface area contributed by atoms with Crippen LogP contribution in [0.3, 0.4) is 0 Å². The summed E-state index contributed by atoms with van der Waals surface area (Å²) in [6.07, 6.45) is 0. The van der Waals surface area contributed by atoms with Crippen LogP contribution in [0.4, 0.5) is 5.69 Å². The van der Waals surface area contributed by atoms with E-state index < -0.39 is 10.8 Å². The monoisotopic (exact) mass is 358 g/mol. The van der Waals surface area contributed by atoms with Crippen LogP contribution in [0.15, 0.2) is 45.1 Å². The molecule has 0 aliphatic rings. The largest absolute Gasteiger partial charge is 0.370 e. The predicted octanol–water partition coefficient (Wildman–Crippen LogP) is 3.08. The summed E-state index contributed by atoms with van der Waals surface area (Å²) >= 11 is 1.29. The molecular weight excluding hydrogens is 340 g/mol. The van der Waals surface area contributed by atoms with Gasteiger partial charge in [0.2, 0.25) is 0 Å². The molecule has 0 aliphatic heterocycles. The summed E-state index contributed by atoms with van der Waals surface area (Å²) in [5.41, 5.74) is 13.1. The molecule has 8 heteroatoms. The van der Waals surface area contributed by atoms with E-state index in [9.17, 15) is 14.9 Å². The quantitative estimate of drug-likeness (QED) is 0.374. The van der Waals surface area contributed by atoms with Gasteiger partial charge < -0.3 is 11.5 Å². The van der Waals surface area contributed by atoms with Crippen molar-refractivity contribution in [3.05, 3.63) is 62.7 Å². The molecule has 130 valence electrons. The van der Waals surface area contributed by atoms with E-state index in [1.165, 1.54) is 17.8 Å². The third-order valence-corrected chi connectivity index (χ3v) is 4.74. The highest BCUT2D eigenvalue weighted by Gasteiger charge is 2.21. The first-order valence-corrected chi connectivity index (χ1v) is 8.18. The molecule has 0 bridgehead atoms. The van der Waals surface area contributed by atoms with E-state index in [1.54, 1.807) is 13.0 Å². The first kappa shape index (κ1) is 18.5. The fourth-order valence-corrected chi connectivity index (χ4v) is 3.40. The Hall–Kier alpha value is -2.87. The summed E-state index contributed by atoms with van der Waals surface area (Å²) in [5, 5.41) is 11.5. The lowest BCUT2D eigenvalue weighted by Crippen LogP contribution is -2.24. The number of hydrogen-bond donors (Lipinski definition) is 2. The minimum Gasteiger partial charge on any atom is -0.370 e. The van der Waals surface area contributed by atoms with Crippen molar-refractivity contribution in [3.63, 3.8) is 0 Å². The van der Waals surface area contributed by atoms with Crippen molar-refractivity contribution in [2.75, 3.05) is 0 Å². The van der Waals surface area contributed by atoms with Crippen molar-refractivity contribution < 1.29 is 9.72 Å². The van der Waals surface area contributed by atoms with Crippen LogP contribution in [0.5, 0.6) is 0 Å². The minimum absolute atomic E-state index is 0.102. The van der Waals surface area contributed by atoms with Gasteiger partial charge in [0.05, 0.1) is 15.4 Å². The highest BCUT2D eigenvalue weighted by molar-refractivity contribution is 7.99. The first-order chi connectivity index (χ1) is 11.7. The third-order valence-electron chi connectivity index (χ3n) is 3.51. The van der Waals surface area contributed by atoms with Crippen LogP contribution >= 0.6 is 11.8 Å². The molecule has 0 fully saturated rings. The topological polar surface area (TPSA) is 125 Å². The standard InChI is InChI=1S/C17H18N4O3S/c1-9-4-5-14(11(3)6-9)25-15-7-10(2)12(8-13(15)21(23)24)16(22)20-17(18)19/h4-8H,1-3H3,(H4,18,19,20,22). The molecule has 0 saturated carbocycles. The summed E-state index contributed by atoms with van der Waals surface area (Å²) in [4.78, 5) is 27.8.